The maximum Gasteiger partial charge on any atom is 0.244 e. The molecule has 4 rings (SSSR count). The van der Waals surface area contributed by atoms with Gasteiger partial charge in [0.05, 0.1) is 0 Å². The zero-order chi connectivity index (χ0) is 16.5. The number of nitrogens with two attached hydrogens (primary N) is 1. The number of aryl methyl sites for hydroxylation is 1. The van der Waals surface area contributed by atoms with Gasteiger partial charge < -0.3 is 15.2 Å². The zero-order valence-corrected chi connectivity index (χ0v) is 16.2. The third-order valence-corrected chi connectivity index (χ3v) is 5.16. The van der Waals surface area contributed by atoms with E-state index in [9.17, 15) is 4.79 Å². The summed E-state index contributed by atoms with van der Waals surface area (Å²) < 4.78 is 2.25. The van der Waals surface area contributed by atoms with E-state index in [1.165, 1.54) is 0 Å². The number of carbonyl (C=O) groups is 1. The van der Waals surface area contributed by atoms with Crippen LogP contribution in [-0.4, -0.2) is 38.7 Å². The third kappa shape index (κ3) is 3.87. The third-order valence-electron chi connectivity index (χ3n) is 5.16. The van der Waals surface area contributed by atoms with Crippen LogP contribution in [0.25, 0.3) is 0 Å². The summed E-state index contributed by atoms with van der Waals surface area (Å²) in [6.07, 6.45) is 4.20. The maximum absolute atomic E-state index is 12.8. The largest absolute Gasteiger partial charge is 0.340 e. The number of amides is 1. The van der Waals surface area contributed by atoms with E-state index in [1.54, 1.807) is 0 Å². The van der Waals surface area contributed by atoms with Crippen LogP contribution >= 0.6 is 24.8 Å². The molecule has 0 aliphatic carbocycles. The van der Waals surface area contributed by atoms with Gasteiger partial charge in [-0.25, -0.2) is 0 Å². The minimum atomic E-state index is -0.589. The predicted octanol–water partition coefficient (Wildman–Crippen LogP) is 2.47. The molecule has 6 nitrogen and oxygen atoms in total. The van der Waals surface area contributed by atoms with Crippen LogP contribution in [0.4, 0.5) is 0 Å². The van der Waals surface area contributed by atoms with Gasteiger partial charge in [-0.1, -0.05) is 30.3 Å². The molecule has 0 spiro atoms. The average Bonchev–Trinajstić information content (AvgIpc) is 3.25. The molecule has 142 valence electrons. The highest BCUT2D eigenvalue weighted by molar-refractivity contribution is 5.85. The number of carbonyl (C=O) groups excluding carboxylic acids is 1. The van der Waals surface area contributed by atoms with E-state index in [0.29, 0.717) is 6.54 Å². The van der Waals surface area contributed by atoms with Gasteiger partial charge in [-0.3, -0.25) is 4.79 Å². The van der Waals surface area contributed by atoms with Gasteiger partial charge in [0.15, 0.2) is 0 Å². The second-order valence-corrected chi connectivity index (χ2v) is 6.74. The number of nitrogens with zero attached hydrogens (tertiary/aromatic N) is 4. The molecule has 2 aliphatic rings. The lowest BCUT2D eigenvalue weighted by molar-refractivity contribution is -0.134. The Morgan fingerprint density at radius 1 is 1.12 bits per heavy atom. The Bertz CT molecular complexity index is 736. The van der Waals surface area contributed by atoms with Crippen molar-refractivity contribution in [3.63, 3.8) is 0 Å². The lowest BCUT2D eigenvalue weighted by Crippen LogP contribution is -2.44. The second kappa shape index (κ2) is 8.84. The van der Waals surface area contributed by atoms with Gasteiger partial charge in [0.1, 0.15) is 17.7 Å². The maximum atomic E-state index is 12.8. The molecule has 0 bridgehead atoms. The summed E-state index contributed by atoms with van der Waals surface area (Å²) in [7, 11) is 0. The molecule has 8 heteroatoms. The number of benzene rings is 1. The van der Waals surface area contributed by atoms with Crippen molar-refractivity contribution >= 4 is 30.7 Å². The van der Waals surface area contributed by atoms with E-state index in [4.69, 9.17) is 5.73 Å². The van der Waals surface area contributed by atoms with Crippen molar-refractivity contribution in [3.05, 3.63) is 47.5 Å². The van der Waals surface area contributed by atoms with Gasteiger partial charge in [-0.05, 0) is 24.8 Å². The Kier molecular flexibility index (Phi) is 7.03. The number of piperidine rings is 1. The van der Waals surface area contributed by atoms with Crippen molar-refractivity contribution in [2.75, 3.05) is 13.1 Å². The molecule has 26 heavy (non-hydrogen) atoms. The Morgan fingerprint density at radius 2 is 1.88 bits per heavy atom. The lowest BCUT2D eigenvalue weighted by Gasteiger charge is -2.34. The molecule has 0 saturated carbocycles. The number of likely N-dealkylation sites (tertiary alicyclic amines) is 1. The Labute approximate surface area is 166 Å². The van der Waals surface area contributed by atoms with Gasteiger partial charge in [-0.15, -0.1) is 35.0 Å². The van der Waals surface area contributed by atoms with Crippen LogP contribution in [0.5, 0.6) is 0 Å². The Hall–Kier alpha value is -1.63. The van der Waals surface area contributed by atoms with Crippen molar-refractivity contribution in [2.45, 2.75) is 44.2 Å². The normalized spacial score (nSPS) is 19.9. The molecule has 2 N–H and O–H groups in total. The van der Waals surface area contributed by atoms with Crippen LogP contribution in [0.2, 0.25) is 0 Å². The van der Waals surface area contributed by atoms with Crippen LogP contribution in [0.1, 0.15) is 48.4 Å². The topological polar surface area (TPSA) is 77.0 Å². The second-order valence-electron chi connectivity index (χ2n) is 6.74. The molecule has 2 aromatic rings. The zero-order valence-electron chi connectivity index (χ0n) is 14.6. The highest BCUT2D eigenvalue weighted by atomic mass is 35.5. The summed E-state index contributed by atoms with van der Waals surface area (Å²) in [5.74, 6) is 2.42. The number of fused-ring (bicyclic) bond motifs is 1. The molecule has 2 aliphatic heterocycles. The highest BCUT2D eigenvalue weighted by Gasteiger charge is 2.32. The van der Waals surface area contributed by atoms with E-state index < -0.39 is 6.04 Å². The fourth-order valence-electron chi connectivity index (χ4n) is 3.86. The SMILES string of the molecule is Cl.Cl.NC(C(=O)N1CCCC(c2nnc3n2CCC3)C1)c1ccccc1. The molecular weight excluding hydrogens is 373 g/mol. The lowest BCUT2D eigenvalue weighted by atomic mass is 9.95. The molecule has 2 atom stereocenters. The summed E-state index contributed by atoms with van der Waals surface area (Å²) in [5.41, 5.74) is 7.07. The van der Waals surface area contributed by atoms with Crippen molar-refractivity contribution in [1.29, 1.82) is 0 Å². The molecule has 3 heterocycles. The first-order valence-electron chi connectivity index (χ1n) is 8.75. The first-order chi connectivity index (χ1) is 11.7. The predicted molar refractivity (Wildman–Crippen MR) is 105 cm³/mol. The van der Waals surface area contributed by atoms with Crippen LogP contribution in [-0.2, 0) is 17.8 Å². The summed E-state index contributed by atoms with van der Waals surface area (Å²) in [5, 5.41) is 8.71. The van der Waals surface area contributed by atoms with Crippen molar-refractivity contribution < 1.29 is 4.79 Å². The molecule has 2 unspecified atom stereocenters. The smallest absolute Gasteiger partial charge is 0.244 e. The van der Waals surface area contributed by atoms with Gasteiger partial charge in [0, 0.05) is 32.0 Å². The molecule has 1 aromatic heterocycles. The van der Waals surface area contributed by atoms with Crippen LogP contribution in [0, 0.1) is 0 Å². The molecule has 1 amide bonds. The van der Waals surface area contributed by atoms with Gasteiger partial charge in [0.25, 0.3) is 0 Å². The molecule has 1 saturated heterocycles. The number of hydrogen-bond acceptors (Lipinski definition) is 4. The number of hydrogen-bond donors (Lipinski definition) is 1. The van der Waals surface area contributed by atoms with E-state index in [0.717, 1.165) is 56.0 Å². The standard InChI is InChI=1S/C18H23N5O.2ClH/c19-16(13-6-2-1-3-7-13)18(24)22-10-4-8-14(12-22)17-21-20-15-9-5-11-23(15)17;;/h1-3,6-7,14,16H,4-5,8-12,19H2;2*1H. The van der Waals surface area contributed by atoms with Crippen LogP contribution in [0.15, 0.2) is 30.3 Å². The average molecular weight is 398 g/mol. The van der Waals surface area contributed by atoms with Crippen LogP contribution in [0.3, 0.4) is 0 Å². The van der Waals surface area contributed by atoms with E-state index in [1.807, 2.05) is 35.2 Å². The van der Waals surface area contributed by atoms with Crippen molar-refractivity contribution in [1.82, 2.24) is 19.7 Å². The first kappa shape index (κ1) is 20.7. The summed E-state index contributed by atoms with van der Waals surface area (Å²) in [4.78, 5) is 14.7. The summed E-state index contributed by atoms with van der Waals surface area (Å²) in [6.45, 7) is 2.47. The van der Waals surface area contributed by atoms with E-state index in [2.05, 4.69) is 14.8 Å². The van der Waals surface area contributed by atoms with Gasteiger partial charge in [-0.2, -0.15) is 0 Å². The molecule has 1 fully saturated rings. The van der Waals surface area contributed by atoms with Gasteiger partial charge in [0.2, 0.25) is 5.91 Å². The van der Waals surface area contributed by atoms with E-state index in [-0.39, 0.29) is 36.6 Å². The summed E-state index contributed by atoms with van der Waals surface area (Å²) in [6, 6.07) is 9.00. The summed E-state index contributed by atoms with van der Waals surface area (Å²) >= 11 is 0. The van der Waals surface area contributed by atoms with Crippen molar-refractivity contribution in [3.8, 4) is 0 Å². The van der Waals surface area contributed by atoms with Gasteiger partial charge >= 0.3 is 0 Å². The number of aromatic nitrogens is 3. The fraction of sp³-hybridized carbons (Fsp3) is 0.500. The van der Waals surface area contributed by atoms with Crippen molar-refractivity contribution in [2.24, 2.45) is 5.73 Å². The molecular formula is C18H25Cl2N5O. The Balaban J connectivity index is 0.00000121. The quantitative estimate of drug-likeness (QED) is 0.862. The fourth-order valence-corrected chi connectivity index (χ4v) is 3.86. The number of halogens is 2. The molecule has 0 radical (unpaired) electrons. The highest BCUT2D eigenvalue weighted by Crippen LogP contribution is 2.29. The van der Waals surface area contributed by atoms with E-state index >= 15 is 0 Å². The monoisotopic (exact) mass is 397 g/mol. The molecule has 1 aromatic carbocycles. The number of rotatable bonds is 3. The Morgan fingerprint density at radius 3 is 2.65 bits per heavy atom. The first-order valence-corrected chi connectivity index (χ1v) is 8.75. The minimum absolute atomic E-state index is 0. The van der Waals surface area contributed by atoms with Crippen LogP contribution < -0.4 is 5.73 Å². The minimum Gasteiger partial charge on any atom is -0.340 e.